The van der Waals surface area contributed by atoms with Crippen molar-refractivity contribution in [2.75, 3.05) is 0 Å². The first kappa shape index (κ1) is 14.3. The fourth-order valence-electron chi connectivity index (χ4n) is 2.20. The zero-order valence-electron chi connectivity index (χ0n) is 10.2. The maximum Gasteiger partial charge on any atom is 0.416 e. The molecule has 8 heteroatoms. The Kier molecular flexibility index (Phi) is 3.65. The van der Waals surface area contributed by atoms with Crippen LogP contribution in [0.2, 0.25) is 0 Å². The van der Waals surface area contributed by atoms with Crippen molar-refractivity contribution < 1.29 is 22.9 Å². The highest BCUT2D eigenvalue weighted by Crippen LogP contribution is 2.32. The molecule has 1 aromatic rings. The molecular weight excluding hydrogens is 277 g/mol. The van der Waals surface area contributed by atoms with Gasteiger partial charge in [0.05, 0.1) is 5.56 Å². The summed E-state index contributed by atoms with van der Waals surface area (Å²) in [4.78, 5) is 21.8. The topological polar surface area (TPSA) is 72.2 Å². The third-order valence-electron chi connectivity index (χ3n) is 3.24. The average Bonchev–Trinajstić information content (AvgIpc) is 2.37. The molecule has 0 spiro atoms. The number of carbonyl (C=O) groups is 1. The van der Waals surface area contributed by atoms with E-state index in [-0.39, 0.29) is 18.7 Å². The first-order valence-corrected chi connectivity index (χ1v) is 5.89. The van der Waals surface area contributed by atoms with Gasteiger partial charge in [0.25, 0.3) is 0 Å². The smallest absolute Gasteiger partial charge is 0.343 e. The van der Waals surface area contributed by atoms with Gasteiger partial charge in [-0.05, 0) is 17.7 Å². The molecule has 0 aromatic heterocycles. The molecule has 1 fully saturated rings. The van der Waals surface area contributed by atoms with Crippen molar-refractivity contribution in [1.29, 1.82) is 0 Å². The minimum atomic E-state index is -4.46. The number of nitrogens with one attached hydrogen (secondary N) is 1. The standard InChI is InChI=1S/C12H11F3N2O3/c13-12(14,15)8-3-1-7(2-4-8)11-9(17(19)20)5-6-10(18)16-11/h1-4,9,11H,5-6H2,(H,16,18)/t9-,11+/m0/s1. The molecule has 108 valence electrons. The quantitative estimate of drug-likeness (QED) is 0.670. The van der Waals surface area contributed by atoms with E-state index in [1.807, 2.05) is 0 Å². The molecule has 0 saturated carbocycles. The van der Waals surface area contributed by atoms with E-state index < -0.39 is 28.7 Å². The van der Waals surface area contributed by atoms with Gasteiger partial charge in [-0.15, -0.1) is 0 Å². The van der Waals surface area contributed by atoms with Crippen molar-refractivity contribution in [2.45, 2.75) is 31.1 Å². The Labute approximate surface area is 111 Å². The van der Waals surface area contributed by atoms with Gasteiger partial charge in [-0.25, -0.2) is 0 Å². The number of nitro groups is 1. The predicted molar refractivity (Wildman–Crippen MR) is 62.3 cm³/mol. The third kappa shape index (κ3) is 2.89. The Morgan fingerprint density at radius 1 is 1.25 bits per heavy atom. The average molecular weight is 288 g/mol. The lowest BCUT2D eigenvalue weighted by Crippen LogP contribution is -2.45. The normalized spacial score (nSPS) is 23.2. The Balaban J connectivity index is 2.28. The van der Waals surface area contributed by atoms with Crippen LogP contribution in [0.25, 0.3) is 0 Å². The molecule has 20 heavy (non-hydrogen) atoms. The van der Waals surface area contributed by atoms with Gasteiger partial charge in [0, 0.05) is 17.8 Å². The maximum atomic E-state index is 12.5. The van der Waals surface area contributed by atoms with Gasteiger partial charge in [-0.2, -0.15) is 13.2 Å². The second-order valence-electron chi connectivity index (χ2n) is 4.56. The highest BCUT2D eigenvalue weighted by Gasteiger charge is 2.38. The molecule has 5 nitrogen and oxygen atoms in total. The molecule has 1 saturated heterocycles. The second kappa shape index (κ2) is 5.10. The van der Waals surface area contributed by atoms with Crippen molar-refractivity contribution in [2.24, 2.45) is 0 Å². The lowest BCUT2D eigenvalue weighted by molar-refractivity contribution is -0.529. The second-order valence-corrected chi connectivity index (χ2v) is 4.56. The van der Waals surface area contributed by atoms with Crippen molar-refractivity contribution in [3.8, 4) is 0 Å². The molecule has 1 aromatic carbocycles. The van der Waals surface area contributed by atoms with Crippen LogP contribution in [0.5, 0.6) is 0 Å². The summed E-state index contributed by atoms with van der Waals surface area (Å²) in [6, 6.07) is 2.11. The number of nitrogens with zero attached hydrogens (tertiary/aromatic N) is 1. The van der Waals surface area contributed by atoms with E-state index in [2.05, 4.69) is 5.32 Å². The molecule has 1 aliphatic rings. The summed E-state index contributed by atoms with van der Waals surface area (Å²) in [5.74, 6) is -0.340. The highest BCUT2D eigenvalue weighted by molar-refractivity contribution is 5.77. The van der Waals surface area contributed by atoms with E-state index in [0.29, 0.717) is 5.56 Å². The maximum absolute atomic E-state index is 12.5. The lowest BCUT2D eigenvalue weighted by Gasteiger charge is -2.26. The molecule has 2 atom stereocenters. The molecule has 2 rings (SSSR count). The Bertz CT molecular complexity index is 528. The van der Waals surface area contributed by atoms with Crippen molar-refractivity contribution in [1.82, 2.24) is 5.32 Å². The van der Waals surface area contributed by atoms with Gasteiger partial charge in [-0.3, -0.25) is 14.9 Å². The number of benzene rings is 1. The Morgan fingerprint density at radius 2 is 1.85 bits per heavy atom. The summed E-state index contributed by atoms with van der Waals surface area (Å²) in [6.07, 6.45) is -4.34. The monoisotopic (exact) mass is 288 g/mol. The summed E-state index contributed by atoms with van der Waals surface area (Å²) in [5.41, 5.74) is -0.534. The van der Waals surface area contributed by atoms with E-state index in [1.165, 1.54) is 0 Å². The van der Waals surface area contributed by atoms with Crippen molar-refractivity contribution in [3.05, 3.63) is 45.5 Å². The number of hydrogen-bond acceptors (Lipinski definition) is 3. The molecule has 1 aliphatic heterocycles. The lowest BCUT2D eigenvalue weighted by atomic mass is 9.92. The van der Waals surface area contributed by atoms with Gasteiger partial charge >= 0.3 is 6.18 Å². The van der Waals surface area contributed by atoms with Gasteiger partial charge in [0.1, 0.15) is 6.04 Å². The van der Waals surface area contributed by atoms with E-state index in [4.69, 9.17) is 0 Å². The van der Waals surface area contributed by atoms with E-state index in [0.717, 1.165) is 24.3 Å². The number of piperidine rings is 1. The molecule has 0 aliphatic carbocycles. The summed E-state index contributed by atoms with van der Waals surface area (Å²) >= 11 is 0. The van der Waals surface area contributed by atoms with Gasteiger partial charge in [-0.1, -0.05) is 12.1 Å². The third-order valence-corrected chi connectivity index (χ3v) is 3.24. The first-order chi connectivity index (χ1) is 9.29. The summed E-state index contributed by atoms with van der Waals surface area (Å²) in [6.45, 7) is 0. The van der Waals surface area contributed by atoms with E-state index in [9.17, 15) is 28.1 Å². The zero-order valence-corrected chi connectivity index (χ0v) is 10.2. The van der Waals surface area contributed by atoms with Gasteiger partial charge in [0.15, 0.2) is 0 Å². The number of carbonyl (C=O) groups excluding carboxylic acids is 1. The number of rotatable bonds is 2. The summed E-state index contributed by atoms with van der Waals surface area (Å²) in [5, 5.41) is 13.4. The summed E-state index contributed by atoms with van der Waals surface area (Å²) < 4.78 is 37.4. The first-order valence-electron chi connectivity index (χ1n) is 5.89. The fourth-order valence-corrected chi connectivity index (χ4v) is 2.20. The van der Waals surface area contributed by atoms with Gasteiger partial charge in [0.2, 0.25) is 11.9 Å². The highest BCUT2D eigenvalue weighted by atomic mass is 19.4. The number of amides is 1. The van der Waals surface area contributed by atoms with Crippen molar-refractivity contribution in [3.63, 3.8) is 0 Å². The van der Waals surface area contributed by atoms with Crippen LogP contribution in [-0.4, -0.2) is 16.9 Å². The zero-order chi connectivity index (χ0) is 14.9. The molecule has 1 N–H and O–H groups in total. The van der Waals surface area contributed by atoms with Crippen LogP contribution in [0.4, 0.5) is 13.2 Å². The minimum absolute atomic E-state index is 0.0444. The van der Waals surface area contributed by atoms with Crippen LogP contribution in [0.3, 0.4) is 0 Å². The Hall–Kier alpha value is -2.12. The molecule has 0 unspecified atom stereocenters. The number of halogens is 3. The predicted octanol–water partition coefficient (Wildman–Crippen LogP) is 2.30. The SMILES string of the molecule is O=C1CC[C@H]([N+](=O)[O-])[C@@H](c2ccc(C(F)(F)F)cc2)N1. The van der Waals surface area contributed by atoms with Crippen LogP contribution in [0.1, 0.15) is 30.0 Å². The minimum Gasteiger partial charge on any atom is -0.343 e. The van der Waals surface area contributed by atoms with Crippen LogP contribution >= 0.6 is 0 Å². The van der Waals surface area contributed by atoms with Crippen LogP contribution in [0, 0.1) is 10.1 Å². The van der Waals surface area contributed by atoms with E-state index in [1.54, 1.807) is 0 Å². The molecule has 0 bridgehead atoms. The number of hydrogen-bond donors (Lipinski definition) is 1. The van der Waals surface area contributed by atoms with Crippen LogP contribution in [-0.2, 0) is 11.0 Å². The Morgan fingerprint density at radius 3 is 2.35 bits per heavy atom. The molecule has 1 amide bonds. The van der Waals surface area contributed by atoms with Gasteiger partial charge < -0.3 is 5.32 Å². The molecule has 0 radical (unpaired) electrons. The van der Waals surface area contributed by atoms with Crippen molar-refractivity contribution >= 4 is 5.91 Å². The number of alkyl halides is 3. The molecule has 1 heterocycles. The largest absolute Gasteiger partial charge is 0.416 e. The van der Waals surface area contributed by atoms with E-state index >= 15 is 0 Å². The fraction of sp³-hybridized carbons (Fsp3) is 0.417. The molecular formula is C12H11F3N2O3. The van der Waals surface area contributed by atoms with Crippen LogP contribution < -0.4 is 5.32 Å². The van der Waals surface area contributed by atoms with Crippen LogP contribution in [0.15, 0.2) is 24.3 Å². The summed E-state index contributed by atoms with van der Waals surface area (Å²) in [7, 11) is 0.